The van der Waals surface area contributed by atoms with Gasteiger partial charge in [-0.2, -0.15) is 0 Å². The van der Waals surface area contributed by atoms with E-state index in [1.165, 1.54) is 6.92 Å². The molecule has 3 aromatic rings. The number of methoxy groups -OCH3 is 1. The third kappa shape index (κ3) is 4.35. The Bertz CT molecular complexity index is 1290. The summed E-state index contributed by atoms with van der Waals surface area (Å²) in [7, 11) is 3.74. The van der Waals surface area contributed by atoms with E-state index in [4.69, 9.17) is 9.47 Å². The lowest BCUT2D eigenvalue weighted by Crippen LogP contribution is -2.68. The predicted octanol–water partition coefficient (Wildman–Crippen LogP) is 4.71. The number of benzene rings is 3. The zero-order valence-electron chi connectivity index (χ0n) is 21.3. The van der Waals surface area contributed by atoms with Gasteiger partial charge in [0.25, 0.3) is 5.91 Å². The van der Waals surface area contributed by atoms with Gasteiger partial charge in [-0.05, 0) is 79.9 Å². The van der Waals surface area contributed by atoms with Crippen molar-refractivity contribution in [2.45, 2.75) is 49.7 Å². The van der Waals surface area contributed by atoms with E-state index in [0.717, 1.165) is 41.5 Å². The minimum atomic E-state index is -0.664. The Hall–Kier alpha value is -3.38. The second-order valence-electron chi connectivity index (χ2n) is 10.4. The molecule has 1 aliphatic heterocycles. The van der Waals surface area contributed by atoms with Crippen LogP contribution < -0.4 is 10.1 Å². The molecule has 1 saturated heterocycles. The van der Waals surface area contributed by atoms with E-state index in [9.17, 15) is 9.59 Å². The topological polar surface area (TPSA) is 67.9 Å². The van der Waals surface area contributed by atoms with Gasteiger partial charge in [0, 0.05) is 30.5 Å². The molecular formula is C30H34N2O4. The Morgan fingerprint density at radius 2 is 1.81 bits per heavy atom. The zero-order valence-corrected chi connectivity index (χ0v) is 21.3. The van der Waals surface area contributed by atoms with E-state index < -0.39 is 11.0 Å². The SMILES string of the molecule is COc1cccc([C@@]23CCN(C)C[C@@]2(OC(C)=O)CC[C@H](NC(=O)c2ccc4ccccc4c2)C3)c1. The second-order valence-corrected chi connectivity index (χ2v) is 10.4. The summed E-state index contributed by atoms with van der Waals surface area (Å²) in [4.78, 5) is 28.0. The molecule has 3 aromatic carbocycles. The number of likely N-dealkylation sites (tertiary alicyclic amines) is 1. The van der Waals surface area contributed by atoms with Gasteiger partial charge in [-0.1, -0.05) is 42.5 Å². The monoisotopic (exact) mass is 486 g/mol. The van der Waals surface area contributed by atoms with Gasteiger partial charge in [0.05, 0.1) is 7.11 Å². The van der Waals surface area contributed by atoms with Gasteiger partial charge in [0.15, 0.2) is 0 Å². The normalized spacial score (nSPS) is 26.1. The molecule has 188 valence electrons. The third-order valence-corrected chi connectivity index (χ3v) is 8.12. The van der Waals surface area contributed by atoms with Crippen LogP contribution in [0.4, 0.5) is 0 Å². The molecule has 0 bridgehead atoms. The maximum atomic E-state index is 13.3. The summed E-state index contributed by atoms with van der Waals surface area (Å²) in [6.07, 6.45) is 2.94. The van der Waals surface area contributed by atoms with Crippen molar-refractivity contribution in [1.29, 1.82) is 0 Å². The Labute approximate surface area is 212 Å². The molecule has 36 heavy (non-hydrogen) atoms. The van der Waals surface area contributed by atoms with Crippen LogP contribution in [0.15, 0.2) is 66.7 Å². The van der Waals surface area contributed by atoms with E-state index in [0.29, 0.717) is 24.9 Å². The summed E-state index contributed by atoms with van der Waals surface area (Å²) in [5.74, 6) is 0.440. The highest BCUT2D eigenvalue weighted by molar-refractivity contribution is 5.98. The second kappa shape index (κ2) is 9.58. The first-order chi connectivity index (χ1) is 17.3. The number of hydrogen-bond acceptors (Lipinski definition) is 5. The number of fused-ring (bicyclic) bond motifs is 2. The fourth-order valence-corrected chi connectivity index (χ4v) is 6.44. The van der Waals surface area contributed by atoms with Gasteiger partial charge < -0.3 is 19.7 Å². The predicted molar refractivity (Wildman–Crippen MR) is 140 cm³/mol. The molecule has 0 radical (unpaired) electrons. The first-order valence-electron chi connectivity index (χ1n) is 12.7. The molecule has 1 N–H and O–H groups in total. The largest absolute Gasteiger partial charge is 0.497 e. The fraction of sp³-hybridized carbons (Fsp3) is 0.400. The minimum absolute atomic E-state index is 0.0396. The van der Waals surface area contributed by atoms with Crippen molar-refractivity contribution < 1.29 is 19.1 Å². The van der Waals surface area contributed by atoms with Crippen molar-refractivity contribution in [1.82, 2.24) is 10.2 Å². The zero-order chi connectivity index (χ0) is 25.3. The summed E-state index contributed by atoms with van der Waals surface area (Å²) >= 11 is 0. The number of nitrogens with zero attached hydrogens (tertiary/aromatic N) is 1. The average molecular weight is 487 g/mol. The maximum Gasteiger partial charge on any atom is 0.303 e. The lowest BCUT2D eigenvalue weighted by Gasteiger charge is -2.59. The van der Waals surface area contributed by atoms with Gasteiger partial charge in [-0.3, -0.25) is 9.59 Å². The average Bonchev–Trinajstić information content (AvgIpc) is 2.88. The maximum absolute atomic E-state index is 13.3. The molecule has 1 aliphatic carbocycles. The van der Waals surface area contributed by atoms with Crippen LogP contribution in [-0.2, 0) is 14.9 Å². The lowest BCUT2D eigenvalue weighted by atomic mass is 9.55. The Kier molecular flexibility index (Phi) is 6.47. The van der Waals surface area contributed by atoms with Crippen LogP contribution in [0.25, 0.3) is 10.8 Å². The summed E-state index contributed by atoms with van der Waals surface area (Å²) in [6, 6.07) is 21.9. The van der Waals surface area contributed by atoms with Gasteiger partial charge >= 0.3 is 5.97 Å². The highest BCUT2D eigenvalue weighted by Crippen LogP contribution is 2.54. The molecule has 3 atom stereocenters. The number of carbonyl (C=O) groups excluding carboxylic acids is 2. The molecule has 6 heteroatoms. The van der Waals surface area contributed by atoms with Crippen LogP contribution in [0.1, 0.15) is 48.5 Å². The molecular weight excluding hydrogens is 452 g/mol. The molecule has 1 saturated carbocycles. The lowest BCUT2D eigenvalue weighted by molar-refractivity contribution is -0.185. The number of likely N-dealkylation sites (N-methyl/N-ethyl adjacent to an activating group) is 1. The summed E-state index contributed by atoms with van der Waals surface area (Å²) in [5.41, 5.74) is 0.659. The van der Waals surface area contributed by atoms with Crippen LogP contribution in [0, 0.1) is 0 Å². The smallest absolute Gasteiger partial charge is 0.303 e. The highest BCUT2D eigenvalue weighted by Gasteiger charge is 2.60. The Morgan fingerprint density at radius 3 is 2.58 bits per heavy atom. The van der Waals surface area contributed by atoms with Crippen LogP contribution in [0.5, 0.6) is 5.75 Å². The van der Waals surface area contributed by atoms with Gasteiger partial charge in [0.1, 0.15) is 11.4 Å². The van der Waals surface area contributed by atoms with Crippen molar-refractivity contribution in [2.75, 3.05) is 27.2 Å². The van der Waals surface area contributed by atoms with Crippen molar-refractivity contribution in [3.8, 4) is 5.75 Å². The molecule has 2 fully saturated rings. The number of hydrogen-bond donors (Lipinski definition) is 1. The molecule has 0 aromatic heterocycles. The Balaban J connectivity index is 1.49. The van der Waals surface area contributed by atoms with Crippen LogP contribution in [0.3, 0.4) is 0 Å². The van der Waals surface area contributed by atoms with E-state index in [1.807, 2.05) is 54.6 Å². The molecule has 1 amide bonds. The number of nitrogens with one attached hydrogen (secondary N) is 1. The van der Waals surface area contributed by atoms with E-state index in [1.54, 1.807) is 7.11 Å². The third-order valence-electron chi connectivity index (χ3n) is 8.12. The number of ether oxygens (including phenoxy) is 2. The number of esters is 1. The molecule has 5 rings (SSSR count). The highest BCUT2D eigenvalue weighted by atomic mass is 16.6. The first kappa shape index (κ1) is 24.3. The van der Waals surface area contributed by atoms with Gasteiger partial charge in [-0.15, -0.1) is 0 Å². The molecule has 0 unspecified atom stereocenters. The molecule has 0 spiro atoms. The first-order valence-corrected chi connectivity index (χ1v) is 12.7. The summed E-state index contributed by atoms with van der Waals surface area (Å²) in [6.45, 7) is 3.04. The van der Waals surface area contributed by atoms with Crippen molar-refractivity contribution in [3.63, 3.8) is 0 Å². The van der Waals surface area contributed by atoms with Crippen LogP contribution in [-0.4, -0.2) is 55.7 Å². The molecule has 2 aliphatic rings. The van der Waals surface area contributed by atoms with Crippen molar-refractivity contribution >= 4 is 22.6 Å². The van der Waals surface area contributed by atoms with Gasteiger partial charge in [-0.25, -0.2) is 0 Å². The van der Waals surface area contributed by atoms with Crippen LogP contribution in [0.2, 0.25) is 0 Å². The number of carbonyl (C=O) groups is 2. The minimum Gasteiger partial charge on any atom is -0.497 e. The van der Waals surface area contributed by atoms with E-state index in [2.05, 4.69) is 29.4 Å². The van der Waals surface area contributed by atoms with E-state index in [-0.39, 0.29) is 17.9 Å². The fourth-order valence-electron chi connectivity index (χ4n) is 6.44. The summed E-state index contributed by atoms with van der Waals surface area (Å²) in [5, 5.41) is 5.47. The number of piperidine rings is 1. The molecule has 6 nitrogen and oxygen atoms in total. The number of rotatable bonds is 5. The van der Waals surface area contributed by atoms with Crippen molar-refractivity contribution in [2.24, 2.45) is 0 Å². The number of amides is 1. The van der Waals surface area contributed by atoms with Crippen LogP contribution >= 0.6 is 0 Å². The van der Waals surface area contributed by atoms with Gasteiger partial charge in [0.2, 0.25) is 0 Å². The molecule has 1 heterocycles. The van der Waals surface area contributed by atoms with Crippen molar-refractivity contribution in [3.05, 3.63) is 77.9 Å². The van der Waals surface area contributed by atoms with E-state index >= 15 is 0 Å². The standard InChI is InChI=1S/C30H34N2O4/c1-21(33)36-30-14-13-26(31-28(34)24-12-11-22-7-4-5-8-23(22)17-24)19-29(30,15-16-32(2)20-30)25-9-6-10-27(18-25)35-3/h4-12,17-18,26H,13-16,19-20H2,1-3H3,(H,31,34)/t26-,29-,30-/m0/s1. The Morgan fingerprint density at radius 1 is 1.00 bits per heavy atom. The summed E-state index contributed by atoms with van der Waals surface area (Å²) < 4.78 is 11.8. The quantitative estimate of drug-likeness (QED) is 0.529.